The molecule has 0 N–H and O–H groups in total. The van der Waals surface area contributed by atoms with Gasteiger partial charge in [0.2, 0.25) is 0 Å². The van der Waals surface area contributed by atoms with Gasteiger partial charge in [-0.2, -0.15) is 0 Å². The van der Waals surface area contributed by atoms with Gasteiger partial charge < -0.3 is 4.57 Å². The van der Waals surface area contributed by atoms with Gasteiger partial charge in [-0.15, -0.1) is 0 Å². The quantitative estimate of drug-likeness (QED) is 0.486. The van der Waals surface area contributed by atoms with Crippen LogP contribution in [0.15, 0.2) is 60.8 Å². The van der Waals surface area contributed by atoms with Gasteiger partial charge in [0.15, 0.2) is 0 Å². The van der Waals surface area contributed by atoms with E-state index in [9.17, 15) is 18.9 Å². The van der Waals surface area contributed by atoms with Crippen molar-refractivity contribution < 1.29 is 13.7 Å². The predicted octanol–water partition coefficient (Wildman–Crippen LogP) is 4.67. The summed E-state index contributed by atoms with van der Waals surface area (Å²) in [4.78, 5) is 12.9. The van der Waals surface area contributed by atoms with Crippen LogP contribution in [0.4, 0.5) is 14.5 Å². The lowest BCUT2D eigenvalue weighted by atomic mass is 10.0. The molecule has 5 nitrogen and oxygen atoms in total. The van der Waals surface area contributed by atoms with Crippen molar-refractivity contribution in [2.24, 2.45) is 0 Å². The van der Waals surface area contributed by atoms with E-state index in [1.54, 1.807) is 12.1 Å². The third-order valence-electron chi connectivity index (χ3n) is 5.13. The zero-order valence-corrected chi connectivity index (χ0v) is 15.1. The Morgan fingerprint density at radius 3 is 2.75 bits per heavy atom. The number of fused-ring (bicyclic) bond motifs is 1. The summed E-state index contributed by atoms with van der Waals surface area (Å²) >= 11 is 0. The van der Waals surface area contributed by atoms with Crippen LogP contribution in [0.2, 0.25) is 0 Å². The summed E-state index contributed by atoms with van der Waals surface area (Å²) in [5.74, 6) is -0.944. The first-order valence-electron chi connectivity index (χ1n) is 9.10. The molecule has 0 bridgehead atoms. The third-order valence-corrected chi connectivity index (χ3v) is 5.13. The lowest BCUT2D eigenvalue weighted by Gasteiger charge is -2.30. The summed E-state index contributed by atoms with van der Waals surface area (Å²) in [6, 6.07) is 13.6. The summed E-state index contributed by atoms with van der Waals surface area (Å²) in [7, 11) is 0. The van der Waals surface area contributed by atoms with Crippen molar-refractivity contribution in [1.82, 2.24) is 9.47 Å². The molecule has 0 fully saturated rings. The number of nitro groups is 1. The molecule has 1 aliphatic heterocycles. The largest absolute Gasteiger partial charge is 0.350 e. The number of nitro benzene ring substituents is 1. The lowest BCUT2D eigenvalue weighted by Crippen LogP contribution is -2.30. The van der Waals surface area contributed by atoms with Gasteiger partial charge in [-0.1, -0.05) is 12.1 Å². The SMILES string of the molecule is O=[N+]([O-])c1cccc([C@@H]2c3cccn3CCCN2Cc2cc(F)ccc2F)c1. The molecule has 3 aromatic rings. The molecule has 0 saturated carbocycles. The highest BCUT2D eigenvalue weighted by Gasteiger charge is 2.29. The highest BCUT2D eigenvalue weighted by molar-refractivity contribution is 5.39. The summed E-state index contributed by atoms with van der Waals surface area (Å²) in [6.07, 6.45) is 2.82. The van der Waals surface area contributed by atoms with Crippen LogP contribution in [0.25, 0.3) is 0 Å². The van der Waals surface area contributed by atoms with E-state index < -0.39 is 16.6 Å². The Morgan fingerprint density at radius 2 is 1.93 bits per heavy atom. The average Bonchev–Trinajstić information content (AvgIpc) is 3.06. The van der Waals surface area contributed by atoms with Crippen molar-refractivity contribution >= 4 is 5.69 Å². The Balaban J connectivity index is 1.78. The molecule has 0 amide bonds. The Bertz CT molecular complexity index is 1020. The number of rotatable bonds is 4. The second kappa shape index (κ2) is 7.52. The van der Waals surface area contributed by atoms with E-state index in [4.69, 9.17) is 0 Å². The van der Waals surface area contributed by atoms with Gasteiger partial charge in [0, 0.05) is 49.2 Å². The van der Waals surface area contributed by atoms with Crippen molar-refractivity contribution in [2.45, 2.75) is 25.6 Å². The molecule has 1 aliphatic rings. The van der Waals surface area contributed by atoms with Gasteiger partial charge in [-0.05, 0) is 42.3 Å². The number of hydrogen-bond donors (Lipinski definition) is 0. The Labute approximate surface area is 161 Å². The molecule has 28 heavy (non-hydrogen) atoms. The van der Waals surface area contributed by atoms with Crippen LogP contribution in [-0.2, 0) is 13.1 Å². The molecule has 2 aromatic carbocycles. The van der Waals surface area contributed by atoms with E-state index in [1.165, 1.54) is 12.1 Å². The second-order valence-corrected chi connectivity index (χ2v) is 6.94. The fourth-order valence-corrected chi connectivity index (χ4v) is 3.88. The maximum atomic E-state index is 14.3. The number of nitrogens with zero attached hydrogens (tertiary/aromatic N) is 3. The molecule has 4 rings (SSSR count). The summed E-state index contributed by atoms with van der Waals surface area (Å²) in [6.45, 7) is 1.67. The number of aryl methyl sites for hydroxylation is 1. The van der Waals surface area contributed by atoms with Crippen molar-refractivity contribution in [3.8, 4) is 0 Å². The molecule has 0 saturated heterocycles. The van der Waals surface area contributed by atoms with Crippen molar-refractivity contribution in [3.05, 3.63) is 99.4 Å². The Morgan fingerprint density at radius 1 is 1.07 bits per heavy atom. The highest BCUT2D eigenvalue weighted by atomic mass is 19.1. The maximum absolute atomic E-state index is 14.3. The average molecular weight is 383 g/mol. The topological polar surface area (TPSA) is 51.3 Å². The van der Waals surface area contributed by atoms with E-state index in [2.05, 4.69) is 9.47 Å². The van der Waals surface area contributed by atoms with E-state index in [0.717, 1.165) is 36.4 Å². The van der Waals surface area contributed by atoms with Crippen molar-refractivity contribution in [2.75, 3.05) is 6.54 Å². The Hall–Kier alpha value is -3.06. The minimum atomic E-state index is -0.485. The highest BCUT2D eigenvalue weighted by Crippen LogP contribution is 2.34. The van der Waals surface area contributed by atoms with Crippen LogP contribution in [-0.4, -0.2) is 20.9 Å². The molecular weight excluding hydrogens is 364 g/mol. The third kappa shape index (κ3) is 3.53. The molecule has 0 unspecified atom stereocenters. The smallest absolute Gasteiger partial charge is 0.269 e. The lowest BCUT2D eigenvalue weighted by molar-refractivity contribution is -0.384. The molecule has 144 valence electrons. The number of aromatic nitrogens is 1. The number of non-ortho nitro benzene ring substituents is 1. The van der Waals surface area contributed by atoms with Gasteiger partial charge in [-0.3, -0.25) is 15.0 Å². The van der Waals surface area contributed by atoms with Gasteiger partial charge in [0.1, 0.15) is 11.6 Å². The van der Waals surface area contributed by atoms with Crippen LogP contribution in [0.5, 0.6) is 0 Å². The second-order valence-electron chi connectivity index (χ2n) is 6.94. The summed E-state index contributed by atoms with van der Waals surface area (Å²) in [5, 5.41) is 11.2. The Kier molecular flexibility index (Phi) is 4.92. The molecule has 0 spiro atoms. The molecule has 0 radical (unpaired) electrons. The normalized spacial score (nSPS) is 17.1. The first-order valence-corrected chi connectivity index (χ1v) is 9.10. The summed E-state index contributed by atoms with van der Waals surface area (Å²) < 4.78 is 30.1. The van der Waals surface area contributed by atoms with Crippen LogP contribution in [0, 0.1) is 21.7 Å². The van der Waals surface area contributed by atoms with E-state index in [0.29, 0.717) is 6.54 Å². The van der Waals surface area contributed by atoms with Gasteiger partial charge in [-0.25, -0.2) is 8.78 Å². The van der Waals surface area contributed by atoms with E-state index in [1.807, 2.05) is 24.4 Å². The van der Waals surface area contributed by atoms with Gasteiger partial charge in [0.25, 0.3) is 5.69 Å². The van der Waals surface area contributed by atoms with Crippen LogP contribution < -0.4 is 0 Å². The van der Waals surface area contributed by atoms with Crippen molar-refractivity contribution in [1.29, 1.82) is 0 Å². The molecule has 1 atom stereocenters. The molecule has 1 aromatic heterocycles. The minimum absolute atomic E-state index is 0.0109. The standard InChI is InChI=1S/C21H19F2N3O2/c22-17-7-8-19(23)16(12-17)14-25-11-3-10-24-9-2-6-20(24)21(25)15-4-1-5-18(13-15)26(27)28/h1-2,4-9,12-13,21H,3,10-11,14H2/t21-/m1/s1. The fraction of sp³-hybridized carbons (Fsp3) is 0.238. The number of halogens is 2. The first kappa shape index (κ1) is 18.3. The zero-order valence-electron chi connectivity index (χ0n) is 15.1. The van der Waals surface area contributed by atoms with Crippen molar-refractivity contribution in [3.63, 3.8) is 0 Å². The van der Waals surface area contributed by atoms with Gasteiger partial charge >= 0.3 is 0 Å². The minimum Gasteiger partial charge on any atom is -0.350 e. The van der Waals surface area contributed by atoms with Crippen LogP contribution in [0.3, 0.4) is 0 Å². The maximum Gasteiger partial charge on any atom is 0.269 e. The van der Waals surface area contributed by atoms with Crippen LogP contribution in [0.1, 0.15) is 29.3 Å². The predicted molar refractivity (Wildman–Crippen MR) is 101 cm³/mol. The molecular formula is C21H19F2N3O2. The molecule has 7 heteroatoms. The van der Waals surface area contributed by atoms with Gasteiger partial charge in [0.05, 0.1) is 11.0 Å². The van der Waals surface area contributed by atoms with Crippen LogP contribution >= 0.6 is 0 Å². The summed E-state index contributed by atoms with van der Waals surface area (Å²) in [5.41, 5.74) is 2.02. The molecule has 0 aliphatic carbocycles. The first-order chi connectivity index (χ1) is 13.5. The number of benzene rings is 2. The van der Waals surface area contributed by atoms with E-state index >= 15 is 0 Å². The number of hydrogen-bond acceptors (Lipinski definition) is 3. The fourth-order valence-electron chi connectivity index (χ4n) is 3.88. The zero-order chi connectivity index (χ0) is 19.7. The van der Waals surface area contributed by atoms with E-state index in [-0.39, 0.29) is 23.8 Å². The monoisotopic (exact) mass is 383 g/mol. The molecule has 2 heterocycles.